The highest BCUT2D eigenvalue weighted by atomic mass is 79.9. The summed E-state index contributed by atoms with van der Waals surface area (Å²) in [4.78, 5) is 16.6. The number of aryl methyl sites for hydroxylation is 2. The highest BCUT2D eigenvalue weighted by molar-refractivity contribution is 9.08. The van der Waals surface area contributed by atoms with Gasteiger partial charge in [-0.25, -0.2) is 9.37 Å². The Morgan fingerprint density at radius 3 is 2.43 bits per heavy atom. The molecule has 4 nitrogen and oxygen atoms in total. The van der Waals surface area contributed by atoms with E-state index in [1.165, 1.54) is 12.1 Å². The summed E-state index contributed by atoms with van der Waals surface area (Å²) < 4.78 is 31.1. The molecule has 0 amide bonds. The highest BCUT2D eigenvalue weighted by Crippen LogP contribution is 2.23. The normalized spacial score (nSPS) is 12.1. The standard InChI is InChI=1S/C23H23BrFNO3S/c1-16-22(26-23(29-16)19-9-5-18(13-24)6-10-19)15-30(28)14-21(27)4-2-3-17-7-11-20(25)12-8-17/h5-12H,2-4,13-15H2,1H3. The van der Waals surface area contributed by atoms with E-state index < -0.39 is 10.8 Å². The van der Waals surface area contributed by atoms with E-state index >= 15 is 0 Å². The van der Waals surface area contributed by atoms with Crippen molar-refractivity contribution in [3.05, 3.63) is 76.9 Å². The summed E-state index contributed by atoms with van der Waals surface area (Å²) in [6.45, 7) is 1.79. The number of nitrogens with zero attached hydrogens (tertiary/aromatic N) is 1. The van der Waals surface area contributed by atoms with Crippen molar-refractivity contribution in [1.29, 1.82) is 0 Å². The monoisotopic (exact) mass is 491 g/mol. The van der Waals surface area contributed by atoms with Gasteiger partial charge >= 0.3 is 0 Å². The molecule has 7 heteroatoms. The maximum atomic E-state index is 12.9. The van der Waals surface area contributed by atoms with Crippen LogP contribution in [0.3, 0.4) is 0 Å². The number of alkyl halides is 1. The van der Waals surface area contributed by atoms with E-state index in [0.29, 0.717) is 36.6 Å². The summed E-state index contributed by atoms with van der Waals surface area (Å²) in [6, 6.07) is 14.1. The number of hydrogen-bond donors (Lipinski definition) is 0. The van der Waals surface area contributed by atoms with Crippen LogP contribution in [-0.2, 0) is 33.1 Å². The van der Waals surface area contributed by atoms with E-state index in [9.17, 15) is 13.4 Å². The molecule has 3 aromatic rings. The molecular formula is C23H23BrFNO3S. The molecule has 0 N–H and O–H groups in total. The molecule has 0 saturated heterocycles. The van der Waals surface area contributed by atoms with Crippen molar-refractivity contribution in [3.8, 4) is 11.5 Å². The van der Waals surface area contributed by atoms with Crippen LogP contribution in [0.4, 0.5) is 4.39 Å². The number of oxazole rings is 1. The number of halogens is 2. The second-order valence-electron chi connectivity index (χ2n) is 7.10. The van der Waals surface area contributed by atoms with Crippen LogP contribution >= 0.6 is 15.9 Å². The van der Waals surface area contributed by atoms with E-state index in [1.807, 2.05) is 24.3 Å². The van der Waals surface area contributed by atoms with Crippen molar-refractivity contribution in [3.63, 3.8) is 0 Å². The number of carbonyl (C=O) groups is 1. The second-order valence-corrected chi connectivity index (χ2v) is 9.12. The van der Waals surface area contributed by atoms with Gasteiger partial charge in [-0.2, -0.15) is 0 Å². The Bertz CT molecular complexity index is 1020. The number of carbonyl (C=O) groups excluding carboxylic acids is 1. The minimum absolute atomic E-state index is 0.00496. The number of hydrogen-bond acceptors (Lipinski definition) is 4. The van der Waals surface area contributed by atoms with Gasteiger partial charge < -0.3 is 4.42 Å². The second kappa shape index (κ2) is 10.8. The molecule has 0 aliphatic heterocycles. The predicted octanol–water partition coefficient (Wildman–Crippen LogP) is 5.52. The molecule has 0 bridgehead atoms. The van der Waals surface area contributed by atoms with Crippen LogP contribution < -0.4 is 0 Å². The van der Waals surface area contributed by atoms with Gasteiger partial charge in [-0.15, -0.1) is 0 Å². The predicted molar refractivity (Wildman–Crippen MR) is 120 cm³/mol. The Balaban J connectivity index is 1.49. The van der Waals surface area contributed by atoms with E-state index in [4.69, 9.17) is 4.42 Å². The Hall–Kier alpha value is -2.12. The molecule has 1 aromatic heterocycles. The van der Waals surface area contributed by atoms with E-state index in [2.05, 4.69) is 20.9 Å². The quantitative estimate of drug-likeness (QED) is 0.350. The summed E-state index contributed by atoms with van der Waals surface area (Å²) in [5.74, 6) is 0.997. The third kappa shape index (κ3) is 6.44. The molecule has 158 valence electrons. The largest absolute Gasteiger partial charge is 0.441 e. The molecule has 0 aliphatic carbocycles. The van der Waals surface area contributed by atoms with Gasteiger partial charge in [0, 0.05) is 28.1 Å². The fraction of sp³-hybridized carbons (Fsp3) is 0.304. The van der Waals surface area contributed by atoms with Crippen LogP contribution in [0.25, 0.3) is 11.5 Å². The third-order valence-corrected chi connectivity index (χ3v) is 6.59. The fourth-order valence-corrected chi connectivity index (χ4v) is 4.57. The first kappa shape index (κ1) is 22.6. The molecule has 2 aromatic carbocycles. The Morgan fingerprint density at radius 2 is 1.77 bits per heavy atom. The smallest absolute Gasteiger partial charge is 0.226 e. The minimum atomic E-state index is -1.34. The lowest BCUT2D eigenvalue weighted by Crippen LogP contribution is -2.12. The Morgan fingerprint density at radius 1 is 1.10 bits per heavy atom. The van der Waals surface area contributed by atoms with Gasteiger partial charge in [0.2, 0.25) is 5.89 Å². The summed E-state index contributed by atoms with van der Waals surface area (Å²) in [5.41, 5.74) is 3.62. The molecule has 1 unspecified atom stereocenters. The zero-order chi connectivity index (χ0) is 21.5. The topological polar surface area (TPSA) is 60.2 Å². The van der Waals surface area contributed by atoms with Gasteiger partial charge in [0.05, 0.1) is 17.2 Å². The average Bonchev–Trinajstić information content (AvgIpc) is 3.09. The van der Waals surface area contributed by atoms with Crippen molar-refractivity contribution >= 4 is 32.5 Å². The van der Waals surface area contributed by atoms with Crippen molar-refractivity contribution in [1.82, 2.24) is 4.98 Å². The Kier molecular flexibility index (Phi) is 8.10. The lowest BCUT2D eigenvalue weighted by Gasteiger charge is -2.02. The fourth-order valence-electron chi connectivity index (χ4n) is 3.02. The van der Waals surface area contributed by atoms with Gasteiger partial charge in [-0.1, -0.05) is 40.2 Å². The van der Waals surface area contributed by atoms with Gasteiger partial charge in [0.1, 0.15) is 17.4 Å². The number of benzene rings is 2. The molecule has 0 spiro atoms. The lowest BCUT2D eigenvalue weighted by molar-refractivity contribution is -0.116. The van der Waals surface area contributed by atoms with E-state index in [0.717, 1.165) is 22.0 Å². The van der Waals surface area contributed by atoms with Crippen LogP contribution in [-0.4, -0.2) is 20.7 Å². The zero-order valence-electron chi connectivity index (χ0n) is 16.7. The van der Waals surface area contributed by atoms with Gasteiger partial charge in [-0.05, 0) is 55.2 Å². The number of Topliss-reactive ketones (excluding diaryl/α,β-unsaturated/α-hetero) is 1. The summed E-state index contributed by atoms with van der Waals surface area (Å²) in [7, 11) is -1.34. The molecular weight excluding hydrogens is 469 g/mol. The van der Waals surface area contributed by atoms with Crippen molar-refractivity contribution in [2.45, 2.75) is 37.3 Å². The van der Waals surface area contributed by atoms with Crippen LogP contribution in [0.1, 0.15) is 35.4 Å². The average molecular weight is 492 g/mol. The zero-order valence-corrected chi connectivity index (χ0v) is 19.1. The summed E-state index contributed by atoms with van der Waals surface area (Å²) in [6.07, 6.45) is 1.70. The van der Waals surface area contributed by atoms with Gasteiger partial charge in [-0.3, -0.25) is 9.00 Å². The minimum Gasteiger partial charge on any atom is -0.441 e. The van der Waals surface area contributed by atoms with Crippen molar-refractivity contribution < 1.29 is 17.8 Å². The Labute approximate surface area is 186 Å². The first-order valence-electron chi connectivity index (χ1n) is 9.67. The number of ketones is 1. The van der Waals surface area contributed by atoms with Gasteiger partial charge in [0.15, 0.2) is 0 Å². The molecule has 1 atom stereocenters. The molecule has 0 saturated carbocycles. The third-order valence-electron chi connectivity index (χ3n) is 4.70. The van der Waals surface area contributed by atoms with Crippen LogP contribution in [0.2, 0.25) is 0 Å². The highest BCUT2D eigenvalue weighted by Gasteiger charge is 2.16. The molecule has 1 heterocycles. The first-order chi connectivity index (χ1) is 14.4. The van der Waals surface area contributed by atoms with E-state index in [1.54, 1.807) is 19.1 Å². The van der Waals surface area contributed by atoms with Crippen LogP contribution in [0.15, 0.2) is 52.9 Å². The van der Waals surface area contributed by atoms with Crippen LogP contribution in [0, 0.1) is 12.7 Å². The number of aromatic nitrogens is 1. The molecule has 3 rings (SSSR count). The first-order valence-corrected chi connectivity index (χ1v) is 12.3. The SMILES string of the molecule is Cc1oc(-c2ccc(CBr)cc2)nc1CS(=O)CC(=O)CCCc1ccc(F)cc1. The van der Waals surface area contributed by atoms with Crippen LogP contribution in [0.5, 0.6) is 0 Å². The van der Waals surface area contributed by atoms with Gasteiger partial charge in [0.25, 0.3) is 0 Å². The molecule has 0 aliphatic rings. The summed E-state index contributed by atoms with van der Waals surface area (Å²) in [5, 5.41) is 0.778. The molecule has 0 radical (unpaired) electrons. The maximum absolute atomic E-state index is 12.9. The molecule has 0 fully saturated rings. The summed E-state index contributed by atoms with van der Waals surface area (Å²) >= 11 is 3.42. The lowest BCUT2D eigenvalue weighted by atomic mass is 10.1. The molecule has 30 heavy (non-hydrogen) atoms. The van der Waals surface area contributed by atoms with E-state index in [-0.39, 0.29) is 23.1 Å². The van der Waals surface area contributed by atoms with Crippen molar-refractivity contribution in [2.75, 3.05) is 5.75 Å². The maximum Gasteiger partial charge on any atom is 0.226 e. The number of rotatable bonds is 10. The van der Waals surface area contributed by atoms with Crippen molar-refractivity contribution in [2.24, 2.45) is 0 Å².